The SMILES string of the molecule is Cc1ccc(N(c2ccc3c(c2)C(C)(C)c2ccccc2-3)c2ccc(-c3ccc(C=C(C#N)C#N)cc3)s2)cc1C. The zero-order valence-electron chi connectivity index (χ0n) is 23.6. The van der Waals surface area contributed by atoms with Crippen LogP contribution >= 0.6 is 11.3 Å². The molecule has 0 saturated heterocycles. The van der Waals surface area contributed by atoms with Crippen LogP contribution < -0.4 is 4.90 Å². The van der Waals surface area contributed by atoms with Crippen LogP contribution in [0.1, 0.15) is 41.7 Å². The Morgan fingerprint density at radius 2 is 1.41 bits per heavy atom. The second-order valence-corrected chi connectivity index (χ2v) is 12.1. The van der Waals surface area contributed by atoms with Crippen molar-refractivity contribution >= 4 is 33.8 Å². The second kappa shape index (κ2) is 10.3. The third-order valence-electron chi connectivity index (χ3n) is 8.13. The van der Waals surface area contributed by atoms with E-state index < -0.39 is 0 Å². The van der Waals surface area contributed by atoms with Gasteiger partial charge in [0.15, 0.2) is 0 Å². The smallest absolute Gasteiger partial charge is 0.130 e. The first-order chi connectivity index (χ1) is 19.8. The molecule has 0 unspecified atom stereocenters. The summed E-state index contributed by atoms with van der Waals surface area (Å²) in [5.41, 5.74) is 12.1. The average molecular weight is 548 g/mol. The number of fused-ring (bicyclic) bond motifs is 3. The van der Waals surface area contributed by atoms with Gasteiger partial charge in [-0.3, -0.25) is 0 Å². The summed E-state index contributed by atoms with van der Waals surface area (Å²) in [6.45, 7) is 8.95. The van der Waals surface area contributed by atoms with E-state index in [-0.39, 0.29) is 11.0 Å². The number of allylic oxidation sites excluding steroid dienone is 1. The predicted octanol–water partition coefficient (Wildman–Crippen LogP) is 10.2. The highest BCUT2D eigenvalue weighted by molar-refractivity contribution is 7.19. The molecule has 4 aromatic carbocycles. The summed E-state index contributed by atoms with van der Waals surface area (Å²) < 4.78 is 0. The number of benzene rings is 4. The lowest BCUT2D eigenvalue weighted by Gasteiger charge is -2.27. The summed E-state index contributed by atoms with van der Waals surface area (Å²) >= 11 is 1.75. The van der Waals surface area contributed by atoms with Crippen LogP contribution in [0.4, 0.5) is 16.4 Å². The summed E-state index contributed by atoms with van der Waals surface area (Å²) in [6, 6.07) is 38.5. The maximum Gasteiger partial charge on any atom is 0.130 e. The highest BCUT2D eigenvalue weighted by Crippen LogP contribution is 2.51. The van der Waals surface area contributed by atoms with Gasteiger partial charge in [0.1, 0.15) is 22.7 Å². The molecular weight excluding hydrogens is 518 g/mol. The van der Waals surface area contributed by atoms with Gasteiger partial charge in [-0.15, -0.1) is 11.3 Å². The molecule has 0 N–H and O–H groups in total. The monoisotopic (exact) mass is 547 g/mol. The predicted molar refractivity (Wildman–Crippen MR) is 171 cm³/mol. The van der Waals surface area contributed by atoms with E-state index in [0.29, 0.717) is 0 Å². The lowest BCUT2D eigenvalue weighted by Crippen LogP contribution is -2.16. The Morgan fingerprint density at radius 1 is 0.732 bits per heavy atom. The molecule has 0 atom stereocenters. The Balaban J connectivity index is 1.43. The molecule has 1 heterocycles. The molecule has 0 aliphatic heterocycles. The van der Waals surface area contributed by atoms with Crippen molar-refractivity contribution in [2.24, 2.45) is 0 Å². The average Bonchev–Trinajstić information content (AvgIpc) is 3.55. The van der Waals surface area contributed by atoms with Gasteiger partial charge in [-0.1, -0.05) is 74.5 Å². The van der Waals surface area contributed by atoms with Gasteiger partial charge < -0.3 is 4.90 Å². The van der Waals surface area contributed by atoms with Crippen molar-refractivity contribution in [3.63, 3.8) is 0 Å². The molecule has 0 radical (unpaired) electrons. The number of rotatable bonds is 5. The first-order valence-electron chi connectivity index (χ1n) is 13.6. The van der Waals surface area contributed by atoms with E-state index >= 15 is 0 Å². The van der Waals surface area contributed by atoms with Gasteiger partial charge in [0.05, 0.1) is 0 Å². The van der Waals surface area contributed by atoms with Crippen LogP contribution in [0, 0.1) is 36.5 Å². The number of thiophene rings is 1. The molecule has 0 saturated carbocycles. The third-order valence-corrected chi connectivity index (χ3v) is 9.25. The van der Waals surface area contributed by atoms with Crippen molar-refractivity contribution in [1.82, 2.24) is 0 Å². The van der Waals surface area contributed by atoms with Crippen molar-refractivity contribution in [3.8, 4) is 33.7 Å². The first kappa shape index (κ1) is 26.3. The molecule has 1 aromatic heterocycles. The molecule has 0 spiro atoms. The molecule has 4 heteroatoms. The van der Waals surface area contributed by atoms with Crippen LogP contribution in [0.5, 0.6) is 0 Å². The van der Waals surface area contributed by atoms with Crippen molar-refractivity contribution in [2.45, 2.75) is 33.1 Å². The van der Waals surface area contributed by atoms with Crippen LogP contribution in [-0.4, -0.2) is 0 Å². The normalized spacial score (nSPS) is 12.5. The topological polar surface area (TPSA) is 50.8 Å². The minimum atomic E-state index is -0.0788. The molecule has 3 nitrogen and oxygen atoms in total. The molecule has 0 bridgehead atoms. The molecule has 0 fully saturated rings. The Morgan fingerprint density at radius 3 is 2.15 bits per heavy atom. The molecular formula is C37H29N3S. The van der Waals surface area contributed by atoms with Crippen LogP contribution in [0.25, 0.3) is 27.6 Å². The van der Waals surface area contributed by atoms with E-state index in [0.717, 1.165) is 32.4 Å². The molecule has 0 amide bonds. The standard InChI is InChI=1S/C37H29N3S/c1-24-9-14-29(19-25(24)2)40(30-15-16-32-31-7-5-6-8-33(31)37(3,4)34(32)21-30)36-18-17-35(41-36)28-12-10-26(11-13-28)20-27(22-38)23-39/h5-21H,1-4H3. The van der Waals surface area contributed by atoms with Crippen LogP contribution in [0.2, 0.25) is 0 Å². The summed E-state index contributed by atoms with van der Waals surface area (Å²) in [6.07, 6.45) is 1.61. The first-order valence-corrected chi connectivity index (χ1v) is 14.5. The molecule has 1 aliphatic rings. The number of hydrogen-bond donors (Lipinski definition) is 0. The Kier molecular flexibility index (Phi) is 6.58. The van der Waals surface area contributed by atoms with Gasteiger partial charge >= 0.3 is 0 Å². The van der Waals surface area contributed by atoms with E-state index in [1.807, 2.05) is 36.4 Å². The highest BCUT2D eigenvalue weighted by Gasteiger charge is 2.35. The van der Waals surface area contributed by atoms with Crippen molar-refractivity contribution in [1.29, 1.82) is 10.5 Å². The summed E-state index contributed by atoms with van der Waals surface area (Å²) in [4.78, 5) is 3.52. The van der Waals surface area contributed by atoms with Crippen LogP contribution in [0.15, 0.2) is 103 Å². The lowest BCUT2D eigenvalue weighted by atomic mass is 9.82. The van der Waals surface area contributed by atoms with Crippen LogP contribution in [0.3, 0.4) is 0 Å². The maximum atomic E-state index is 9.08. The summed E-state index contributed by atoms with van der Waals surface area (Å²) in [7, 11) is 0. The van der Waals surface area contributed by atoms with E-state index in [2.05, 4.69) is 105 Å². The fraction of sp³-hybridized carbons (Fsp3) is 0.135. The highest BCUT2D eigenvalue weighted by atomic mass is 32.1. The minimum absolute atomic E-state index is 0.0788. The molecule has 41 heavy (non-hydrogen) atoms. The summed E-state index contributed by atoms with van der Waals surface area (Å²) in [5, 5.41) is 19.3. The van der Waals surface area contributed by atoms with Crippen molar-refractivity contribution in [2.75, 3.05) is 4.90 Å². The van der Waals surface area contributed by atoms with Gasteiger partial charge in [-0.2, -0.15) is 10.5 Å². The third kappa shape index (κ3) is 4.63. The summed E-state index contributed by atoms with van der Waals surface area (Å²) in [5.74, 6) is 0. The van der Waals surface area contributed by atoms with Gasteiger partial charge in [-0.05, 0) is 101 Å². The number of hydrogen-bond acceptors (Lipinski definition) is 4. The quantitative estimate of drug-likeness (QED) is 0.206. The van der Waals surface area contributed by atoms with Crippen molar-refractivity contribution < 1.29 is 0 Å². The Labute approximate surface area is 245 Å². The zero-order chi connectivity index (χ0) is 28.7. The lowest BCUT2D eigenvalue weighted by molar-refractivity contribution is 0.660. The van der Waals surface area contributed by atoms with E-state index in [1.54, 1.807) is 17.4 Å². The maximum absolute atomic E-state index is 9.08. The number of anilines is 3. The van der Waals surface area contributed by atoms with Gasteiger partial charge in [0.2, 0.25) is 0 Å². The number of nitrogens with zero attached hydrogens (tertiary/aromatic N) is 3. The fourth-order valence-corrected chi connectivity index (χ4v) is 6.76. The van der Waals surface area contributed by atoms with Crippen LogP contribution in [-0.2, 0) is 5.41 Å². The Bertz CT molecular complexity index is 1890. The van der Waals surface area contributed by atoms with E-state index in [9.17, 15) is 0 Å². The fourth-order valence-electron chi connectivity index (χ4n) is 5.70. The largest absolute Gasteiger partial charge is 0.302 e. The molecule has 1 aliphatic carbocycles. The Hall–Kier alpha value is -4.90. The number of nitriles is 2. The van der Waals surface area contributed by atoms with Crippen molar-refractivity contribution in [3.05, 3.63) is 130 Å². The molecule has 6 rings (SSSR count). The minimum Gasteiger partial charge on any atom is -0.302 e. The second-order valence-electron chi connectivity index (χ2n) is 11.0. The van der Waals surface area contributed by atoms with E-state index in [4.69, 9.17) is 10.5 Å². The van der Waals surface area contributed by atoms with Gasteiger partial charge in [0.25, 0.3) is 0 Å². The zero-order valence-corrected chi connectivity index (χ0v) is 24.4. The molecule has 5 aromatic rings. The van der Waals surface area contributed by atoms with Gasteiger partial charge in [-0.25, -0.2) is 0 Å². The number of aryl methyl sites for hydroxylation is 2. The molecule has 198 valence electrons. The van der Waals surface area contributed by atoms with Gasteiger partial charge in [0, 0.05) is 21.7 Å². The van der Waals surface area contributed by atoms with E-state index in [1.165, 1.54) is 33.4 Å².